The van der Waals surface area contributed by atoms with Crippen molar-refractivity contribution in [3.8, 4) is 0 Å². The number of benzene rings is 2. The van der Waals surface area contributed by atoms with Gasteiger partial charge in [-0.05, 0) is 75.6 Å². The zero-order valence-corrected chi connectivity index (χ0v) is 23.2. The molecule has 2 aromatic rings. The molecule has 4 rings (SSSR count). The SMILES string of the molecule is C=C(NCc1ccccc1)C1CCCN1C.C=CCN(C)CCN(C)C=C.Fc1ccccc1C1CC1. The zero-order chi connectivity index (χ0) is 27.0. The van der Waals surface area contributed by atoms with Crippen LogP contribution in [0.15, 0.2) is 92.3 Å². The van der Waals surface area contributed by atoms with Crippen LogP contribution in [0.3, 0.4) is 0 Å². The summed E-state index contributed by atoms with van der Waals surface area (Å²) in [6, 6.07) is 18.0. The molecule has 0 aromatic heterocycles. The van der Waals surface area contributed by atoms with Crippen molar-refractivity contribution in [2.45, 2.75) is 44.2 Å². The second-order valence-corrected chi connectivity index (χ2v) is 10.0. The summed E-state index contributed by atoms with van der Waals surface area (Å²) in [4.78, 5) is 6.66. The monoisotopic (exact) mass is 506 g/mol. The molecular formula is C32H47FN4. The summed E-state index contributed by atoms with van der Waals surface area (Å²) in [7, 11) is 6.28. The minimum Gasteiger partial charge on any atom is -0.383 e. The Labute approximate surface area is 225 Å². The van der Waals surface area contributed by atoms with Gasteiger partial charge in [0.1, 0.15) is 5.82 Å². The van der Waals surface area contributed by atoms with E-state index in [1.54, 1.807) is 6.07 Å². The molecule has 0 radical (unpaired) electrons. The molecule has 0 spiro atoms. The lowest BCUT2D eigenvalue weighted by atomic mass is 10.1. The van der Waals surface area contributed by atoms with E-state index >= 15 is 0 Å². The maximum absolute atomic E-state index is 12.9. The van der Waals surface area contributed by atoms with E-state index in [4.69, 9.17) is 0 Å². The Morgan fingerprint density at radius 1 is 1.03 bits per heavy atom. The second-order valence-electron chi connectivity index (χ2n) is 10.0. The quantitative estimate of drug-likeness (QED) is 0.363. The molecule has 5 heteroatoms. The van der Waals surface area contributed by atoms with Crippen molar-refractivity contribution >= 4 is 0 Å². The number of likely N-dealkylation sites (N-methyl/N-ethyl adjacent to an activating group) is 3. The van der Waals surface area contributed by atoms with E-state index < -0.39 is 0 Å². The lowest BCUT2D eigenvalue weighted by molar-refractivity contribution is 0.318. The van der Waals surface area contributed by atoms with Gasteiger partial charge in [-0.1, -0.05) is 67.8 Å². The Balaban J connectivity index is 0.000000203. The largest absolute Gasteiger partial charge is 0.383 e. The number of halogens is 1. The maximum atomic E-state index is 12.9. The summed E-state index contributed by atoms with van der Waals surface area (Å²) < 4.78 is 12.9. The molecule has 1 saturated heterocycles. The highest BCUT2D eigenvalue weighted by Gasteiger charge is 2.25. The first kappa shape index (κ1) is 30.3. The van der Waals surface area contributed by atoms with Crippen molar-refractivity contribution < 1.29 is 4.39 Å². The second kappa shape index (κ2) is 16.8. The van der Waals surface area contributed by atoms with Gasteiger partial charge in [0.15, 0.2) is 0 Å². The summed E-state index contributed by atoms with van der Waals surface area (Å²) in [6.07, 6.45) is 8.60. The molecule has 1 aliphatic heterocycles. The molecule has 0 amide bonds. The predicted molar refractivity (Wildman–Crippen MR) is 157 cm³/mol. The summed E-state index contributed by atoms with van der Waals surface area (Å²) in [5.41, 5.74) is 3.37. The van der Waals surface area contributed by atoms with Crippen molar-refractivity contribution in [1.29, 1.82) is 0 Å². The fraction of sp³-hybridized carbons (Fsp3) is 0.438. The van der Waals surface area contributed by atoms with Crippen LogP contribution in [0.1, 0.15) is 42.7 Å². The van der Waals surface area contributed by atoms with E-state index in [9.17, 15) is 4.39 Å². The van der Waals surface area contributed by atoms with E-state index in [1.165, 1.54) is 43.9 Å². The molecular weight excluding hydrogens is 459 g/mol. The van der Waals surface area contributed by atoms with Crippen LogP contribution >= 0.6 is 0 Å². The molecule has 202 valence electrons. The zero-order valence-electron chi connectivity index (χ0n) is 23.2. The Morgan fingerprint density at radius 3 is 2.27 bits per heavy atom. The summed E-state index contributed by atoms with van der Waals surface area (Å²) in [5, 5.41) is 3.44. The van der Waals surface area contributed by atoms with Crippen LogP contribution in [0.2, 0.25) is 0 Å². The Bertz CT molecular complexity index is 941. The average molecular weight is 507 g/mol. The van der Waals surface area contributed by atoms with E-state index in [1.807, 2.05) is 37.5 Å². The molecule has 2 aromatic carbocycles. The molecule has 37 heavy (non-hydrogen) atoms. The summed E-state index contributed by atoms with van der Waals surface area (Å²) in [5.74, 6) is 0.492. The van der Waals surface area contributed by atoms with E-state index in [0.29, 0.717) is 12.0 Å². The van der Waals surface area contributed by atoms with Gasteiger partial charge >= 0.3 is 0 Å². The van der Waals surface area contributed by atoms with Crippen LogP contribution in [0.5, 0.6) is 0 Å². The molecule has 2 aliphatic rings. The van der Waals surface area contributed by atoms with Crippen LogP contribution in [0, 0.1) is 5.82 Å². The number of hydrogen-bond acceptors (Lipinski definition) is 4. The molecule has 1 unspecified atom stereocenters. The van der Waals surface area contributed by atoms with Gasteiger partial charge < -0.3 is 15.1 Å². The first-order valence-corrected chi connectivity index (χ1v) is 13.4. The van der Waals surface area contributed by atoms with Crippen molar-refractivity contribution in [3.63, 3.8) is 0 Å². The highest BCUT2D eigenvalue weighted by molar-refractivity contribution is 5.25. The van der Waals surface area contributed by atoms with Crippen molar-refractivity contribution in [2.75, 3.05) is 47.3 Å². The van der Waals surface area contributed by atoms with Crippen LogP contribution in [-0.2, 0) is 6.54 Å². The fourth-order valence-electron chi connectivity index (χ4n) is 4.21. The Morgan fingerprint density at radius 2 is 1.70 bits per heavy atom. The summed E-state index contributed by atoms with van der Waals surface area (Å²) in [6.45, 7) is 16.6. The number of likely N-dealkylation sites (tertiary alicyclic amines) is 1. The third-order valence-electron chi connectivity index (χ3n) is 6.79. The number of nitrogens with zero attached hydrogens (tertiary/aromatic N) is 3. The van der Waals surface area contributed by atoms with Gasteiger partial charge in [0.2, 0.25) is 0 Å². The first-order chi connectivity index (χ1) is 17.8. The molecule has 1 atom stereocenters. The van der Waals surface area contributed by atoms with Crippen molar-refractivity contribution in [1.82, 2.24) is 20.0 Å². The van der Waals surface area contributed by atoms with Crippen LogP contribution in [0.25, 0.3) is 0 Å². The normalized spacial score (nSPS) is 16.6. The fourth-order valence-corrected chi connectivity index (χ4v) is 4.21. The van der Waals surface area contributed by atoms with Crippen LogP contribution in [-0.4, -0.2) is 68.1 Å². The van der Waals surface area contributed by atoms with Gasteiger partial charge in [-0.25, -0.2) is 4.39 Å². The van der Waals surface area contributed by atoms with Gasteiger partial charge in [0.05, 0.1) is 0 Å². The molecule has 4 nitrogen and oxygen atoms in total. The van der Waals surface area contributed by atoms with Crippen molar-refractivity contribution in [3.05, 3.63) is 109 Å². The Hall–Kier alpha value is -2.89. The molecule has 1 N–H and O–H groups in total. The molecule has 2 fully saturated rings. The van der Waals surface area contributed by atoms with Crippen molar-refractivity contribution in [2.24, 2.45) is 0 Å². The topological polar surface area (TPSA) is 21.8 Å². The van der Waals surface area contributed by atoms with Gasteiger partial charge in [-0.2, -0.15) is 0 Å². The highest BCUT2D eigenvalue weighted by atomic mass is 19.1. The molecule has 1 saturated carbocycles. The minimum absolute atomic E-state index is 0.0370. The van der Waals surface area contributed by atoms with Crippen LogP contribution in [0.4, 0.5) is 4.39 Å². The lowest BCUT2D eigenvalue weighted by Crippen LogP contribution is -2.32. The van der Waals surface area contributed by atoms with Gasteiger partial charge in [0.25, 0.3) is 0 Å². The smallest absolute Gasteiger partial charge is 0.126 e. The standard InChI is InChI=1S/C14H20N2.C9H9F.C9H18N2/c1-12(14-9-6-10-16(14)2)15-11-13-7-4-3-5-8-13;10-9-4-2-1-3-8(9)7-5-6-7;1-5-7-11(4)9-8-10(3)6-2/h3-5,7-8,14-15H,1,6,9-11H2,2H3;1-4,7H,5-6H2;5-6H,1-2,7-9H2,3-4H3. The molecule has 1 heterocycles. The highest BCUT2D eigenvalue weighted by Crippen LogP contribution is 2.40. The third kappa shape index (κ3) is 11.8. The van der Waals surface area contributed by atoms with Crippen LogP contribution < -0.4 is 5.32 Å². The first-order valence-electron chi connectivity index (χ1n) is 13.4. The predicted octanol–water partition coefficient (Wildman–Crippen LogP) is 6.27. The van der Waals surface area contributed by atoms with Gasteiger partial charge in [-0.15, -0.1) is 6.58 Å². The average Bonchev–Trinajstić information content (AvgIpc) is 3.67. The number of nitrogens with one attached hydrogen (secondary N) is 1. The van der Waals surface area contributed by atoms with E-state index in [-0.39, 0.29) is 5.82 Å². The van der Waals surface area contributed by atoms with E-state index in [2.05, 4.69) is 78.1 Å². The summed E-state index contributed by atoms with van der Waals surface area (Å²) >= 11 is 0. The van der Waals surface area contributed by atoms with Gasteiger partial charge in [-0.3, -0.25) is 4.90 Å². The lowest BCUT2D eigenvalue weighted by Gasteiger charge is -2.22. The Kier molecular flexibility index (Phi) is 13.8. The maximum Gasteiger partial charge on any atom is 0.126 e. The number of hydrogen-bond donors (Lipinski definition) is 1. The minimum atomic E-state index is -0.0370. The number of rotatable bonds is 11. The van der Waals surface area contributed by atoms with Gasteiger partial charge in [0, 0.05) is 45.0 Å². The third-order valence-corrected chi connectivity index (χ3v) is 6.79. The van der Waals surface area contributed by atoms with E-state index in [0.717, 1.165) is 37.4 Å². The molecule has 0 bridgehead atoms. The molecule has 1 aliphatic carbocycles.